The molecular weight excluding hydrogens is 234 g/mol. The third-order valence-electron chi connectivity index (χ3n) is 2.45. The summed E-state index contributed by atoms with van der Waals surface area (Å²) in [6.07, 6.45) is 1.49. The van der Waals surface area contributed by atoms with Gasteiger partial charge in [-0.3, -0.25) is 0 Å². The lowest BCUT2D eigenvalue weighted by molar-refractivity contribution is 0.330. The van der Waals surface area contributed by atoms with Crippen LogP contribution in [0.25, 0.3) is 11.0 Å². The van der Waals surface area contributed by atoms with Crippen molar-refractivity contribution >= 4 is 28.2 Å². The third-order valence-corrected chi connectivity index (χ3v) is 2.66. The van der Waals surface area contributed by atoms with Gasteiger partial charge in [0, 0.05) is 18.9 Å². The molecule has 2 rings (SSSR count). The van der Waals surface area contributed by atoms with Crippen LogP contribution in [0.15, 0.2) is 18.2 Å². The molecule has 2 aromatic rings. The summed E-state index contributed by atoms with van der Waals surface area (Å²) in [5, 5.41) is 0. The third kappa shape index (κ3) is 2.94. The second-order valence-corrected chi connectivity index (χ2v) is 4.31. The van der Waals surface area contributed by atoms with E-state index in [4.69, 9.17) is 22.7 Å². The number of nitrogens with zero attached hydrogens (tertiary/aromatic N) is 1. The van der Waals surface area contributed by atoms with Crippen molar-refractivity contribution in [1.82, 2.24) is 9.97 Å². The van der Waals surface area contributed by atoms with Gasteiger partial charge in [0.15, 0.2) is 0 Å². The van der Waals surface area contributed by atoms with Crippen LogP contribution in [-0.4, -0.2) is 21.6 Å². The van der Waals surface area contributed by atoms with Crippen molar-refractivity contribution < 1.29 is 4.74 Å². The minimum absolute atomic E-state index is 0.473. The SMILES string of the molecule is CCc1nc2ccc(OCCC(N)=S)cc2[nH]1. The van der Waals surface area contributed by atoms with Gasteiger partial charge in [0.25, 0.3) is 0 Å². The topological polar surface area (TPSA) is 63.9 Å². The van der Waals surface area contributed by atoms with Gasteiger partial charge in [0.05, 0.1) is 22.6 Å². The molecule has 5 heteroatoms. The Morgan fingerprint density at radius 2 is 2.35 bits per heavy atom. The molecule has 0 atom stereocenters. The summed E-state index contributed by atoms with van der Waals surface area (Å²) in [5.74, 6) is 1.79. The fourth-order valence-corrected chi connectivity index (χ4v) is 1.65. The van der Waals surface area contributed by atoms with Gasteiger partial charge >= 0.3 is 0 Å². The zero-order valence-corrected chi connectivity index (χ0v) is 10.5. The molecule has 0 radical (unpaired) electrons. The molecule has 0 spiro atoms. The van der Waals surface area contributed by atoms with Gasteiger partial charge in [0.1, 0.15) is 11.6 Å². The number of imidazole rings is 1. The number of nitrogens with two attached hydrogens (primary N) is 1. The van der Waals surface area contributed by atoms with Crippen molar-refractivity contribution in [3.05, 3.63) is 24.0 Å². The number of hydrogen-bond acceptors (Lipinski definition) is 3. The molecule has 1 heterocycles. The smallest absolute Gasteiger partial charge is 0.121 e. The summed E-state index contributed by atoms with van der Waals surface area (Å²) in [6, 6.07) is 5.80. The van der Waals surface area contributed by atoms with Crippen LogP contribution in [-0.2, 0) is 6.42 Å². The van der Waals surface area contributed by atoms with Crippen LogP contribution in [0.2, 0.25) is 0 Å². The highest BCUT2D eigenvalue weighted by atomic mass is 32.1. The van der Waals surface area contributed by atoms with Crippen molar-refractivity contribution in [2.75, 3.05) is 6.61 Å². The van der Waals surface area contributed by atoms with Crippen molar-refractivity contribution in [3.63, 3.8) is 0 Å². The van der Waals surface area contributed by atoms with Crippen LogP contribution in [0, 0.1) is 0 Å². The molecule has 4 nitrogen and oxygen atoms in total. The quantitative estimate of drug-likeness (QED) is 0.797. The number of nitrogens with one attached hydrogen (secondary N) is 1. The van der Waals surface area contributed by atoms with Crippen LogP contribution >= 0.6 is 12.2 Å². The summed E-state index contributed by atoms with van der Waals surface area (Å²) in [6.45, 7) is 2.58. The van der Waals surface area contributed by atoms with Gasteiger partial charge < -0.3 is 15.5 Å². The molecule has 0 amide bonds. The molecule has 1 aromatic carbocycles. The maximum absolute atomic E-state index is 5.55. The summed E-state index contributed by atoms with van der Waals surface area (Å²) in [7, 11) is 0. The summed E-state index contributed by atoms with van der Waals surface area (Å²) in [5.41, 5.74) is 7.36. The molecule has 1 aromatic heterocycles. The molecular formula is C12H15N3OS. The Kier molecular flexibility index (Phi) is 3.58. The number of benzene rings is 1. The number of ether oxygens (including phenoxy) is 1. The van der Waals surface area contributed by atoms with Gasteiger partial charge in [-0.25, -0.2) is 4.98 Å². The van der Waals surface area contributed by atoms with Crippen LogP contribution in [0.4, 0.5) is 0 Å². The Balaban J connectivity index is 2.11. The van der Waals surface area contributed by atoms with Crippen molar-refractivity contribution in [2.45, 2.75) is 19.8 Å². The van der Waals surface area contributed by atoms with E-state index >= 15 is 0 Å². The molecule has 0 aliphatic rings. The minimum Gasteiger partial charge on any atom is -0.493 e. The fourth-order valence-electron chi connectivity index (χ4n) is 1.57. The molecule has 0 unspecified atom stereocenters. The van der Waals surface area contributed by atoms with Crippen molar-refractivity contribution in [2.24, 2.45) is 5.73 Å². The number of aromatic amines is 1. The molecule has 0 fully saturated rings. The number of aryl methyl sites for hydroxylation is 1. The first-order chi connectivity index (χ1) is 8.19. The van der Waals surface area contributed by atoms with Gasteiger partial charge in [-0.2, -0.15) is 0 Å². The minimum atomic E-state index is 0.473. The first-order valence-electron chi connectivity index (χ1n) is 5.59. The Morgan fingerprint density at radius 1 is 1.53 bits per heavy atom. The first kappa shape index (κ1) is 11.9. The maximum atomic E-state index is 5.55. The molecule has 0 saturated heterocycles. The van der Waals surface area contributed by atoms with E-state index < -0.39 is 0 Å². The van der Waals surface area contributed by atoms with E-state index in [0.29, 0.717) is 18.0 Å². The Morgan fingerprint density at radius 3 is 3.06 bits per heavy atom. The highest BCUT2D eigenvalue weighted by molar-refractivity contribution is 7.80. The van der Waals surface area contributed by atoms with Crippen molar-refractivity contribution in [3.8, 4) is 5.75 Å². The molecule has 17 heavy (non-hydrogen) atoms. The summed E-state index contributed by atoms with van der Waals surface area (Å²) >= 11 is 4.79. The second-order valence-electron chi connectivity index (χ2n) is 3.78. The molecule has 0 aliphatic carbocycles. The van der Waals surface area contributed by atoms with Gasteiger partial charge in [-0.05, 0) is 12.1 Å². The predicted octanol–water partition coefficient (Wildman–Crippen LogP) is 2.18. The van der Waals surface area contributed by atoms with E-state index in [0.717, 1.165) is 29.0 Å². The van der Waals surface area contributed by atoms with Crippen LogP contribution in [0.1, 0.15) is 19.2 Å². The summed E-state index contributed by atoms with van der Waals surface area (Å²) < 4.78 is 5.55. The van der Waals surface area contributed by atoms with E-state index in [-0.39, 0.29) is 0 Å². The molecule has 0 bridgehead atoms. The van der Waals surface area contributed by atoms with Crippen LogP contribution in [0.3, 0.4) is 0 Å². The number of aromatic nitrogens is 2. The summed E-state index contributed by atoms with van der Waals surface area (Å²) in [4.78, 5) is 8.15. The van der Waals surface area contributed by atoms with Crippen molar-refractivity contribution in [1.29, 1.82) is 0 Å². The first-order valence-corrected chi connectivity index (χ1v) is 5.99. The molecule has 0 aliphatic heterocycles. The highest BCUT2D eigenvalue weighted by Gasteiger charge is 2.03. The van der Waals surface area contributed by atoms with E-state index in [1.54, 1.807) is 0 Å². The van der Waals surface area contributed by atoms with E-state index in [1.165, 1.54) is 0 Å². The largest absolute Gasteiger partial charge is 0.493 e. The number of rotatable bonds is 5. The molecule has 90 valence electrons. The standard InChI is InChI=1S/C12H15N3OS/c1-2-12-14-9-4-3-8(7-10(9)15-12)16-6-5-11(13)17/h3-4,7H,2,5-6H2,1H3,(H2,13,17)(H,14,15). The lowest BCUT2D eigenvalue weighted by atomic mass is 10.3. The molecule has 0 saturated carbocycles. The Bertz CT molecular complexity index is 536. The van der Waals surface area contributed by atoms with E-state index in [2.05, 4.69) is 16.9 Å². The number of hydrogen-bond donors (Lipinski definition) is 2. The number of H-pyrrole nitrogens is 1. The van der Waals surface area contributed by atoms with E-state index in [9.17, 15) is 0 Å². The monoisotopic (exact) mass is 249 g/mol. The Hall–Kier alpha value is -1.62. The maximum Gasteiger partial charge on any atom is 0.121 e. The lowest BCUT2D eigenvalue weighted by Crippen LogP contribution is -2.12. The number of fused-ring (bicyclic) bond motifs is 1. The van der Waals surface area contributed by atoms with E-state index in [1.807, 2.05) is 18.2 Å². The molecule has 3 N–H and O–H groups in total. The normalized spacial score (nSPS) is 10.6. The zero-order chi connectivity index (χ0) is 12.3. The second kappa shape index (κ2) is 5.14. The zero-order valence-electron chi connectivity index (χ0n) is 9.69. The highest BCUT2D eigenvalue weighted by Crippen LogP contribution is 2.19. The van der Waals surface area contributed by atoms with Gasteiger partial charge in [-0.15, -0.1) is 0 Å². The fraction of sp³-hybridized carbons (Fsp3) is 0.333. The predicted molar refractivity (Wildman–Crippen MR) is 72.4 cm³/mol. The van der Waals surface area contributed by atoms with Gasteiger partial charge in [0.2, 0.25) is 0 Å². The lowest BCUT2D eigenvalue weighted by Gasteiger charge is -2.04. The Labute approximate surface area is 105 Å². The average molecular weight is 249 g/mol. The van der Waals surface area contributed by atoms with Crippen LogP contribution in [0.5, 0.6) is 5.75 Å². The van der Waals surface area contributed by atoms with Crippen LogP contribution < -0.4 is 10.5 Å². The van der Waals surface area contributed by atoms with Gasteiger partial charge in [-0.1, -0.05) is 19.1 Å². The average Bonchev–Trinajstić information content (AvgIpc) is 2.70. The number of thiocarbonyl (C=S) groups is 1.